The average Bonchev–Trinajstić information content (AvgIpc) is 3.17. The van der Waals surface area contributed by atoms with Crippen LogP contribution in [0.2, 0.25) is 0 Å². The molecule has 1 N–H and O–H groups in total. The largest absolute Gasteiger partial charge is 0.357 e. The molecule has 52 heavy (non-hydrogen) atoms. The van der Waals surface area contributed by atoms with E-state index in [4.69, 9.17) is 23.6 Å². The highest BCUT2D eigenvalue weighted by atomic mass is 35.7. The molecule has 0 saturated heterocycles. The number of nitrogens with zero attached hydrogens (tertiary/aromatic N) is 3. The second-order valence-electron chi connectivity index (χ2n) is 11.6. The van der Waals surface area contributed by atoms with E-state index in [0.717, 1.165) is 35.4 Å². The third-order valence-electron chi connectivity index (χ3n) is 8.60. The maximum Gasteiger partial charge on any atom is 0.276 e. The Labute approximate surface area is 310 Å². The number of carbonyl (C=O) groups is 1. The number of rotatable bonds is 12. The van der Waals surface area contributed by atoms with Crippen molar-refractivity contribution in [2.24, 2.45) is 4.99 Å². The van der Waals surface area contributed by atoms with Crippen LogP contribution in [0.1, 0.15) is 38.8 Å². The van der Waals surface area contributed by atoms with Gasteiger partial charge >= 0.3 is 0 Å². The van der Waals surface area contributed by atoms with Gasteiger partial charge in [0.15, 0.2) is 5.70 Å². The van der Waals surface area contributed by atoms with E-state index in [0.29, 0.717) is 18.8 Å². The molecular formula is C42H46ClN3O5P+. The molecule has 0 aromatic heterocycles. The zero-order valence-electron chi connectivity index (χ0n) is 30.0. The summed E-state index contributed by atoms with van der Waals surface area (Å²) in [5, 5.41) is 4.46. The average molecular weight is 739 g/mol. The van der Waals surface area contributed by atoms with Gasteiger partial charge in [0, 0.05) is 37.3 Å². The molecule has 10 heteroatoms. The topological polar surface area (TPSA) is 125 Å². The number of halogens is 1. The summed E-state index contributed by atoms with van der Waals surface area (Å²) in [4.78, 5) is 24.9. The van der Waals surface area contributed by atoms with Crippen molar-refractivity contribution >= 4 is 40.2 Å². The van der Waals surface area contributed by atoms with Crippen LogP contribution in [0.3, 0.4) is 0 Å². The molecular weight excluding hydrogens is 693 g/mol. The highest BCUT2D eigenvalue weighted by Gasteiger charge is 2.53. The summed E-state index contributed by atoms with van der Waals surface area (Å²) in [6, 6.07) is 52.9. The minimum absolute atomic E-state index is 0.0680. The second-order valence-corrected chi connectivity index (χ2v) is 15.7. The summed E-state index contributed by atoms with van der Waals surface area (Å²) in [5.41, 5.74) is 2.45. The van der Waals surface area contributed by atoms with Crippen molar-refractivity contribution < 1.29 is 33.7 Å². The molecule has 8 nitrogen and oxygen atoms in total. The van der Waals surface area contributed by atoms with Gasteiger partial charge in [0.1, 0.15) is 34.3 Å². The number of carbonyl (C=O) groups excluding carboxylic acids is 1. The van der Waals surface area contributed by atoms with Crippen LogP contribution < -0.4 is 29.9 Å². The third-order valence-corrected chi connectivity index (χ3v) is 13.0. The van der Waals surface area contributed by atoms with Gasteiger partial charge in [-0.2, -0.15) is 14.0 Å². The summed E-state index contributed by atoms with van der Waals surface area (Å²) in [6.07, 6.45) is 0. The van der Waals surface area contributed by atoms with Crippen LogP contribution in [0.5, 0.6) is 0 Å². The normalized spacial score (nSPS) is 12.3. The predicted molar refractivity (Wildman–Crippen MR) is 205 cm³/mol. The minimum atomic E-state index is -4.69. The lowest BCUT2D eigenvalue weighted by Crippen LogP contribution is -2.58. The van der Waals surface area contributed by atoms with E-state index in [2.05, 4.69) is 146 Å². The molecule has 0 heterocycles. The Morgan fingerprint density at radius 2 is 0.865 bits per heavy atom. The summed E-state index contributed by atoms with van der Waals surface area (Å²) in [5.74, 6) is 0.730. The zero-order valence-corrected chi connectivity index (χ0v) is 31.7. The van der Waals surface area contributed by atoms with E-state index in [1.165, 1.54) is 15.9 Å². The van der Waals surface area contributed by atoms with Crippen LogP contribution in [-0.2, 0) is 4.79 Å². The molecule has 0 aliphatic heterocycles. The van der Waals surface area contributed by atoms with E-state index >= 15 is 4.79 Å². The first-order chi connectivity index (χ1) is 25.1. The molecule has 5 rings (SSSR count). The Kier molecular flexibility index (Phi) is 14.9. The maximum atomic E-state index is 15.2. The molecule has 1 amide bonds. The van der Waals surface area contributed by atoms with E-state index < -0.39 is 17.5 Å². The molecule has 5 aromatic rings. The first-order valence-electron chi connectivity index (χ1n) is 17.3. The van der Waals surface area contributed by atoms with Gasteiger partial charge in [-0.15, -0.1) is 0 Å². The quantitative estimate of drug-likeness (QED) is 0.0897. The Morgan fingerprint density at radius 3 is 1.19 bits per heavy atom. The Morgan fingerprint density at radius 1 is 0.558 bits per heavy atom. The molecule has 0 fully saturated rings. The van der Waals surface area contributed by atoms with E-state index in [1.54, 1.807) is 0 Å². The van der Waals surface area contributed by atoms with Crippen LogP contribution in [0.25, 0.3) is 5.31 Å². The first-order valence-corrected chi connectivity index (χ1v) is 20.3. The van der Waals surface area contributed by atoms with Crippen LogP contribution in [0.15, 0.2) is 162 Å². The third kappa shape index (κ3) is 9.81. The Hall–Kier alpha value is -4.66. The first kappa shape index (κ1) is 40.1. The Bertz CT molecular complexity index is 1780. The highest BCUT2D eigenvalue weighted by molar-refractivity contribution is 8.03. The minimum Gasteiger partial charge on any atom is -0.357 e. The molecule has 0 aliphatic rings. The van der Waals surface area contributed by atoms with Crippen molar-refractivity contribution in [3.63, 3.8) is 0 Å². The Balaban J connectivity index is 0.00000113. The van der Waals surface area contributed by atoms with Crippen molar-refractivity contribution in [1.29, 1.82) is 0 Å². The van der Waals surface area contributed by atoms with Gasteiger partial charge in [-0.25, -0.2) is 4.99 Å². The molecule has 0 bridgehead atoms. The van der Waals surface area contributed by atoms with Crippen LogP contribution in [0, 0.1) is 10.2 Å². The van der Waals surface area contributed by atoms with E-state index in [1.807, 2.05) is 43.0 Å². The molecule has 0 unspecified atom stereocenters. The SMILES string of the molecule is CCN(CC)C(=O)C(N=C(c1ccccc1)N(CC)CC)=C(c1ccccc1)[P+](c1ccccc1)(c1ccccc1)c1ccccc1.[O-][Cl+3]([O-])([O-])O. The fraction of sp³-hybridized carbons (Fsp3) is 0.190. The maximum absolute atomic E-state index is 15.2. The van der Waals surface area contributed by atoms with Crippen molar-refractivity contribution in [3.8, 4) is 0 Å². The van der Waals surface area contributed by atoms with Gasteiger partial charge in [-0.1, -0.05) is 115 Å². The number of hydrogen-bond acceptors (Lipinski definition) is 6. The van der Waals surface area contributed by atoms with Crippen LogP contribution in [0.4, 0.5) is 0 Å². The van der Waals surface area contributed by atoms with Crippen LogP contribution in [-0.4, -0.2) is 52.4 Å². The van der Waals surface area contributed by atoms with Gasteiger partial charge in [0.25, 0.3) is 5.91 Å². The fourth-order valence-electron chi connectivity index (χ4n) is 6.27. The zero-order chi connectivity index (χ0) is 37.6. The van der Waals surface area contributed by atoms with Crippen molar-refractivity contribution in [2.45, 2.75) is 27.7 Å². The summed E-state index contributed by atoms with van der Waals surface area (Å²) >= 11 is 0. The molecule has 5 aromatic carbocycles. The standard InChI is InChI=1S/C42H45N3OP.ClHO4/c1-5-44(6-2)41(35-26-16-10-17-27-35)43-39(42(46)45(7-3)8-4)40(34-24-14-9-15-25-34)47(36-28-18-11-19-29-36,37-30-20-12-21-31-37)38-32-22-13-23-33-38;2-1(3,4)5/h9-33H,5-8H2,1-4H3;(H,2,3,4,5)/q+1;. The molecule has 0 saturated carbocycles. The number of aliphatic imine (C=N–C) groups is 1. The number of benzene rings is 5. The van der Waals surface area contributed by atoms with E-state index in [9.17, 15) is 0 Å². The fourth-order valence-corrected chi connectivity index (χ4v) is 10.8. The number of amidine groups is 1. The predicted octanol–water partition coefficient (Wildman–Crippen LogP) is 3.88. The lowest BCUT2D eigenvalue weighted by molar-refractivity contribution is -1.92. The number of likely N-dealkylation sites (N-methyl/N-ethyl adjacent to an activating group) is 1. The smallest absolute Gasteiger partial charge is 0.276 e. The van der Waals surface area contributed by atoms with Gasteiger partial charge in [-0.05, 0) is 64.1 Å². The van der Waals surface area contributed by atoms with Crippen molar-refractivity contribution in [3.05, 3.63) is 168 Å². The molecule has 0 aliphatic carbocycles. The lowest BCUT2D eigenvalue weighted by atomic mass is 10.1. The molecule has 0 radical (unpaired) electrons. The van der Waals surface area contributed by atoms with Gasteiger partial charge in [0.05, 0.1) is 14.9 Å². The number of amides is 1. The van der Waals surface area contributed by atoms with Crippen LogP contribution >= 0.6 is 7.26 Å². The number of hydrogen-bond donors (Lipinski definition) is 1. The molecule has 270 valence electrons. The lowest BCUT2D eigenvalue weighted by Gasteiger charge is -2.32. The second kappa shape index (κ2) is 19.3. The summed E-state index contributed by atoms with van der Waals surface area (Å²) in [7, 11) is -7.44. The summed E-state index contributed by atoms with van der Waals surface area (Å²) in [6.45, 7) is 11.0. The summed E-state index contributed by atoms with van der Waals surface area (Å²) < 4.78 is 32.7. The van der Waals surface area contributed by atoms with Crippen molar-refractivity contribution in [2.75, 3.05) is 26.2 Å². The van der Waals surface area contributed by atoms with Gasteiger partial charge < -0.3 is 9.80 Å². The van der Waals surface area contributed by atoms with Gasteiger partial charge in [0.2, 0.25) is 0 Å². The highest BCUT2D eigenvalue weighted by Crippen LogP contribution is 2.67. The van der Waals surface area contributed by atoms with E-state index in [-0.39, 0.29) is 5.91 Å². The molecule has 0 atom stereocenters. The van der Waals surface area contributed by atoms with Crippen molar-refractivity contribution in [1.82, 2.24) is 9.80 Å². The monoisotopic (exact) mass is 738 g/mol. The van der Waals surface area contributed by atoms with Gasteiger partial charge in [-0.3, -0.25) is 4.79 Å². The molecule has 0 spiro atoms.